The molecule has 0 aromatic heterocycles. The zero-order chi connectivity index (χ0) is 18.9. The second-order valence-electron chi connectivity index (χ2n) is 6.28. The monoisotopic (exact) mass is 484 g/mol. The minimum absolute atomic E-state index is 0. The molecule has 6 nitrogen and oxygen atoms in total. The lowest BCUT2D eigenvalue weighted by atomic mass is 10.0. The van der Waals surface area contributed by atoms with E-state index < -0.39 is 0 Å². The molecule has 4 N–H and O–H groups in total. The second-order valence-corrected chi connectivity index (χ2v) is 6.28. The molecule has 0 bridgehead atoms. The van der Waals surface area contributed by atoms with Gasteiger partial charge in [0.05, 0.1) is 26.5 Å². The van der Waals surface area contributed by atoms with E-state index in [2.05, 4.69) is 29.5 Å². The Labute approximate surface area is 178 Å². The normalized spacial score (nSPS) is 12.1. The van der Waals surface area contributed by atoms with Crippen LogP contribution in [0.1, 0.15) is 13.8 Å². The van der Waals surface area contributed by atoms with Gasteiger partial charge in [-0.1, -0.05) is 32.0 Å². The van der Waals surface area contributed by atoms with E-state index in [-0.39, 0.29) is 30.0 Å². The van der Waals surface area contributed by atoms with E-state index in [0.29, 0.717) is 35.6 Å². The topological polar surface area (TPSA) is 80.9 Å². The summed E-state index contributed by atoms with van der Waals surface area (Å²) in [6.07, 6.45) is 0. The third-order valence-electron chi connectivity index (χ3n) is 4.06. The van der Waals surface area contributed by atoms with Crippen LogP contribution in [0.5, 0.6) is 11.5 Å². The summed E-state index contributed by atoms with van der Waals surface area (Å²) in [7, 11) is 3.23. The number of guanidine groups is 1. The predicted octanol–water partition coefficient (Wildman–Crippen LogP) is 4.19. The summed E-state index contributed by atoms with van der Waals surface area (Å²) in [6.45, 7) is 4.87. The Hall–Kier alpha value is -2.16. The first-order chi connectivity index (χ1) is 12.5. The van der Waals surface area contributed by atoms with Crippen LogP contribution in [0, 0.1) is 5.92 Å². The number of methoxy groups -OCH3 is 2. The van der Waals surface area contributed by atoms with Gasteiger partial charge in [-0.05, 0) is 30.2 Å². The highest BCUT2D eigenvalue weighted by molar-refractivity contribution is 14.0. The molecule has 0 fully saturated rings. The van der Waals surface area contributed by atoms with Crippen LogP contribution in [-0.4, -0.2) is 32.8 Å². The van der Waals surface area contributed by atoms with Gasteiger partial charge in [-0.3, -0.25) is 4.99 Å². The number of hydrogen-bond acceptors (Lipinski definition) is 4. The Morgan fingerprint density at radius 3 is 2.37 bits per heavy atom. The number of aliphatic imine (C=N–C) groups is 1. The molecule has 0 saturated heterocycles. The van der Waals surface area contributed by atoms with Crippen molar-refractivity contribution in [3.63, 3.8) is 0 Å². The lowest BCUT2D eigenvalue weighted by Gasteiger charge is -2.22. The van der Waals surface area contributed by atoms with Crippen molar-refractivity contribution in [3.05, 3.63) is 48.5 Å². The lowest BCUT2D eigenvalue weighted by molar-refractivity contribution is 0.405. The van der Waals surface area contributed by atoms with Crippen LogP contribution in [-0.2, 0) is 0 Å². The van der Waals surface area contributed by atoms with Gasteiger partial charge < -0.3 is 25.8 Å². The molecule has 7 heteroatoms. The first-order valence-electron chi connectivity index (χ1n) is 8.64. The fourth-order valence-electron chi connectivity index (χ4n) is 2.46. The Kier molecular flexibility index (Phi) is 9.77. The first-order valence-corrected chi connectivity index (χ1v) is 8.64. The Morgan fingerprint density at radius 1 is 1.07 bits per heavy atom. The van der Waals surface area contributed by atoms with Crippen molar-refractivity contribution in [1.82, 2.24) is 0 Å². The van der Waals surface area contributed by atoms with Gasteiger partial charge in [-0.25, -0.2) is 0 Å². The highest BCUT2D eigenvalue weighted by Crippen LogP contribution is 2.28. The van der Waals surface area contributed by atoms with Gasteiger partial charge in [-0.15, -0.1) is 24.0 Å². The van der Waals surface area contributed by atoms with E-state index in [9.17, 15) is 0 Å². The number of benzene rings is 2. The van der Waals surface area contributed by atoms with Crippen molar-refractivity contribution in [2.75, 3.05) is 31.4 Å². The van der Waals surface area contributed by atoms with Crippen LogP contribution in [0.4, 0.5) is 11.4 Å². The van der Waals surface area contributed by atoms with Gasteiger partial charge >= 0.3 is 0 Å². The van der Waals surface area contributed by atoms with Crippen LogP contribution < -0.4 is 25.8 Å². The fraction of sp³-hybridized carbons (Fsp3) is 0.350. The number of rotatable bonds is 8. The molecule has 0 aliphatic rings. The number of nitrogens with one attached hydrogen (secondary N) is 2. The van der Waals surface area contributed by atoms with Crippen molar-refractivity contribution in [2.24, 2.45) is 16.6 Å². The van der Waals surface area contributed by atoms with Crippen molar-refractivity contribution in [2.45, 2.75) is 19.9 Å². The number of anilines is 2. The lowest BCUT2D eigenvalue weighted by Crippen LogP contribution is -2.31. The molecule has 2 aromatic carbocycles. The summed E-state index contributed by atoms with van der Waals surface area (Å²) >= 11 is 0. The molecular formula is C20H29IN4O2. The first kappa shape index (κ1) is 22.9. The second kappa shape index (κ2) is 11.5. The molecule has 0 aliphatic heterocycles. The van der Waals surface area contributed by atoms with Crippen LogP contribution in [0.2, 0.25) is 0 Å². The van der Waals surface area contributed by atoms with E-state index in [4.69, 9.17) is 15.2 Å². The zero-order valence-corrected chi connectivity index (χ0v) is 18.6. The summed E-state index contributed by atoms with van der Waals surface area (Å²) < 4.78 is 10.6. The highest BCUT2D eigenvalue weighted by atomic mass is 127. The fourth-order valence-corrected chi connectivity index (χ4v) is 2.46. The molecule has 1 atom stereocenters. The van der Waals surface area contributed by atoms with E-state index in [1.165, 1.54) is 0 Å². The van der Waals surface area contributed by atoms with Gasteiger partial charge in [0.15, 0.2) is 5.96 Å². The zero-order valence-electron chi connectivity index (χ0n) is 16.2. The third kappa shape index (κ3) is 7.16. The molecular weight excluding hydrogens is 455 g/mol. The Balaban J connectivity index is 0.00000364. The number of hydrogen-bond donors (Lipinski definition) is 3. The molecule has 148 valence electrons. The molecule has 0 heterocycles. The van der Waals surface area contributed by atoms with E-state index in [0.717, 1.165) is 5.69 Å². The maximum Gasteiger partial charge on any atom is 0.193 e. The number of ether oxygens (including phenoxy) is 2. The Bertz CT molecular complexity index is 723. The van der Waals surface area contributed by atoms with Crippen LogP contribution in [0.15, 0.2) is 53.5 Å². The third-order valence-corrected chi connectivity index (χ3v) is 4.06. The van der Waals surface area contributed by atoms with Crippen LogP contribution in [0.3, 0.4) is 0 Å². The summed E-state index contributed by atoms with van der Waals surface area (Å²) in [4.78, 5) is 4.49. The van der Waals surface area contributed by atoms with Crippen molar-refractivity contribution < 1.29 is 9.47 Å². The standard InChI is InChI=1S/C20H28N4O2.HI/c1-14(2)18(23-15-8-6-5-7-9-15)13-22-20(21)24-17-12-16(25-3)10-11-19(17)26-4;/h5-12,14,18,23H,13H2,1-4H3,(H3,21,22,24);1H. The molecule has 2 aromatic rings. The molecule has 0 saturated carbocycles. The average Bonchev–Trinajstić information content (AvgIpc) is 2.65. The number of nitrogens with zero attached hydrogens (tertiary/aromatic N) is 1. The summed E-state index contributed by atoms with van der Waals surface area (Å²) in [6, 6.07) is 15.7. The average molecular weight is 484 g/mol. The van der Waals surface area contributed by atoms with Crippen molar-refractivity contribution in [1.29, 1.82) is 0 Å². The van der Waals surface area contributed by atoms with Crippen molar-refractivity contribution in [3.8, 4) is 11.5 Å². The van der Waals surface area contributed by atoms with Gasteiger partial charge in [0.2, 0.25) is 0 Å². The molecule has 0 spiro atoms. The SMILES string of the molecule is COc1ccc(OC)c(NC(N)=NCC(Nc2ccccc2)C(C)C)c1.I. The van der Waals surface area contributed by atoms with E-state index in [1.54, 1.807) is 14.2 Å². The van der Waals surface area contributed by atoms with Crippen molar-refractivity contribution >= 4 is 41.3 Å². The number of nitrogens with two attached hydrogens (primary N) is 1. The van der Waals surface area contributed by atoms with Gasteiger partial charge in [0.25, 0.3) is 0 Å². The largest absolute Gasteiger partial charge is 0.497 e. The van der Waals surface area contributed by atoms with Gasteiger partial charge in [0, 0.05) is 17.8 Å². The minimum atomic E-state index is 0. The van der Waals surface area contributed by atoms with E-state index in [1.807, 2.05) is 48.5 Å². The molecule has 1 unspecified atom stereocenters. The van der Waals surface area contributed by atoms with Crippen LogP contribution >= 0.6 is 24.0 Å². The molecule has 0 amide bonds. The maximum absolute atomic E-state index is 6.08. The smallest absolute Gasteiger partial charge is 0.193 e. The summed E-state index contributed by atoms with van der Waals surface area (Å²) in [5.74, 6) is 2.12. The summed E-state index contributed by atoms with van der Waals surface area (Å²) in [5.41, 5.74) is 7.86. The molecule has 27 heavy (non-hydrogen) atoms. The molecule has 0 radical (unpaired) electrons. The molecule has 0 aliphatic carbocycles. The van der Waals surface area contributed by atoms with Crippen LogP contribution in [0.25, 0.3) is 0 Å². The minimum Gasteiger partial charge on any atom is -0.497 e. The number of para-hydroxylation sites is 1. The quantitative estimate of drug-likeness (QED) is 0.298. The van der Waals surface area contributed by atoms with Gasteiger partial charge in [-0.2, -0.15) is 0 Å². The molecule has 2 rings (SSSR count). The van der Waals surface area contributed by atoms with Gasteiger partial charge in [0.1, 0.15) is 11.5 Å². The maximum atomic E-state index is 6.08. The Morgan fingerprint density at radius 2 is 1.78 bits per heavy atom. The highest BCUT2D eigenvalue weighted by Gasteiger charge is 2.13. The predicted molar refractivity (Wildman–Crippen MR) is 124 cm³/mol. The number of halogens is 1. The summed E-state index contributed by atoms with van der Waals surface area (Å²) in [5, 5.41) is 6.59. The van der Waals surface area contributed by atoms with E-state index >= 15 is 0 Å².